The number of aryl methyl sites for hydroxylation is 1. The molecule has 0 atom stereocenters. The molecular formula is C28H31F2N7O. The highest BCUT2D eigenvalue weighted by Gasteiger charge is 2.60. The summed E-state index contributed by atoms with van der Waals surface area (Å²) in [4.78, 5) is 24.4. The molecule has 198 valence electrons. The Bertz CT molecular complexity index is 1570. The van der Waals surface area contributed by atoms with Crippen molar-refractivity contribution in [2.45, 2.75) is 68.7 Å². The van der Waals surface area contributed by atoms with Crippen molar-refractivity contribution in [2.75, 3.05) is 13.1 Å². The molecule has 1 N–H and O–H groups in total. The number of hydrogen-bond acceptors (Lipinski definition) is 5. The molecule has 3 fully saturated rings. The van der Waals surface area contributed by atoms with Gasteiger partial charge >= 0.3 is 0 Å². The van der Waals surface area contributed by atoms with Crippen molar-refractivity contribution in [3.8, 4) is 5.69 Å². The number of benzene rings is 1. The smallest absolute Gasteiger partial charge is 0.281 e. The third kappa shape index (κ3) is 3.88. The highest BCUT2D eigenvalue weighted by atomic mass is 19.3. The molecule has 4 aromatic rings. The largest absolute Gasteiger partial charge is 0.336 e. The molecule has 38 heavy (non-hydrogen) atoms. The average molecular weight is 520 g/mol. The summed E-state index contributed by atoms with van der Waals surface area (Å²) >= 11 is 0. The van der Waals surface area contributed by atoms with Crippen LogP contribution < -0.4 is 5.56 Å². The van der Waals surface area contributed by atoms with Gasteiger partial charge in [0, 0.05) is 37.3 Å². The van der Waals surface area contributed by atoms with Crippen molar-refractivity contribution < 1.29 is 8.78 Å². The Morgan fingerprint density at radius 2 is 1.92 bits per heavy atom. The van der Waals surface area contributed by atoms with E-state index in [1.807, 2.05) is 30.5 Å². The Morgan fingerprint density at radius 1 is 1.13 bits per heavy atom. The van der Waals surface area contributed by atoms with Crippen LogP contribution in [0.4, 0.5) is 8.78 Å². The number of aromatic amines is 1. The van der Waals surface area contributed by atoms with Crippen molar-refractivity contribution >= 4 is 11.0 Å². The monoisotopic (exact) mass is 519 g/mol. The highest BCUT2D eigenvalue weighted by molar-refractivity contribution is 5.79. The Kier molecular flexibility index (Phi) is 5.34. The number of halogens is 2. The fourth-order valence-electron chi connectivity index (χ4n) is 6.45. The lowest BCUT2D eigenvalue weighted by atomic mass is 9.61. The van der Waals surface area contributed by atoms with Gasteiger partial charge in [0.1, 0.15) is 23.5 Å². The van der Waals surface area contributed by atoms with Crippen LogP contribution in [0.5, 0.6) is 0 Å². The van der Waals surface area contributed by atoms with E-state index in [0.29, 0.717) is 35.1 Å². The summed E-state index contributed by atoms with van der Waals surface area (Å²) in [5, 5.41) is 8.15. The van der Waals surface area contributed by atoms with Crippen LogP contribution in [0.25, 0.3) is 16.7 Å². The number of nitrogens with one attached hydrogen (secondary N) is 1. The number of fused-ring (bicyclic) bond motifs is 1. The van der Waals surface area contributed by atoms with Gasteiger partial charge in [0.2, 0.25) is 0 Å². The van der Waals surface area contributed by atoms with E-state index >= 15 is 0 Å². The summed E-state index contributed by atoms with van der Waals surface area (Å²) in [7, 11) is 1.78. The number of H-pyrrole nitrogens is 1. The second-order valence-corrected chi connectivity index (χ2v) is 11.4. The minimum atomic E-state index is -2.77. The molecule has 1 aromatic carbocycles. The number of imidazole rings is 1. The Morgan fingerprint density at radius 3 is 2.61 bits per heavy atom. The molecule has 0 radical (unpaired) electrons. The van der Waals surface area contributed by atoms with Crippen LogP contribution in [0.15, 0.2) is 41.6 Å². The number of nitrogens with zero attached hydrogens (tertiary/aromatic N) is 6. The molecular weight excluding hydrogens is 488 g/mol. The quantitative estimate of drug-likeness (QED) is 0.408. The first-order valence-corrected chi connectivity index (χ1v) is 13.5. The normalized spacial score (nSPS) is 21.0. The van der Waals surface area contributed by atoms with Crippen LogP contribution in [-0.2, 0) is 19.0 Å². The van der Waals surface area contributed by atoms with Crippen molar-refractivity contribution in [2.24, 2.45) is 7.05 Å². The van der Waals surface area contributed by atoms with Crippen LogP contribution in [0, 0.1) is 0 Å². The van der Waals surface area contributed by atoms with Gasteiger partial charge in [-0.25, -0.2) is 13.8 Å². The molecule has 2 saturated carbocycles. The number of likely N-dealkylation sites (tertiary alicyclic amines) is 1. The van der Waals surface area contributed by atoms with E-state index in [9.17, 15) is 13.6 Å². The van der Waals surface area contributed by atoms with Crippen LogP contribution in [0.3, 0.4) is 0 Å². The van der Waals surface area contributed by atoms with Crippen molar-refractivity contribution in [1.82, 2.24) is 34.2 Å². The molecule has 4 heterocycles. The highest BCUT2D eigenvalue weighted by Crippen LogP contribution is 2.56. The van der Waals surface area contributed by atoms with Gasteiger partial charge in [-0.2, -0.15) is 0 Å². The number of rotatable bonds is 6. The zero-order valence-corrected chi connectivity index (χ0v) is 21.5. The van der Waals surface area contributed by atoms with Crippen LogP contribution in [-0.4, -0.2) is 53.2 Å². The van der Waals surface area contributed by atoms with Gasteiger partial charge in [0.05, 0.1) is 17.5 Å². The molecule has 0 spiro atoms. The third-order valence-corrected chi connectivity index (χ3v) is 8.50. The van der Waals surface area contributed by atoms with Gasteiger partial charge in [-0.3, -0.25) is 14.3 Å². The summed E-state index contributed by atoms with van der Waals surface area (Å²) < 4.78 is 32.0. The minimum absolute atomic E-state index is 0.175. The molecule has 3 aromatic heterocycles. The van der Waals surface area contributed by atoms with Crippen LogP contribution >= 0.6 is 0 Å². The third-order valence-electron chi connectivity index (χ3n) is 8.50. The Hall–Kier alpha value is -3.40. The van der Waals surface area contributed by atoms with Crippen LogP contribution in [0.2, 0.25) is 0 Å². The Labute approximate surface area is 218 Å². The zero-order valence-electron chi connectivity index (χ0n) is 21.5. The molecule has 0 amide bonds. The predicted molar refractivity (Wildman–Crippen MR) is 139 cm³/mol. The lowest BCUT2D eigenvalue weighted by Crippen LogP contribution is -2.51. The number of piperidine rings is 1. The first-order chi connectivity index (χ1) is 18.3. The van der Waals surface area contributed by atoms with E-state index in [1.165, 1.54) is 25.6 Å². The molecule has 0 bridgehead atoms. The number of alkyl halides is 2. The molecule has 1 saturated heterocycles. The van der Waals surface area contributed by atoms with Crippen molar-refractivity contribution in [3.05, 3.63) is 69.9 Å². The number of hydrogen-bond donors (Lipinski definition) is 1. The predicted octanol–water partition coefficient (Wildman–Crippen LogP) is 4.42. The molecule has 3 aliphatic rings. The fourth-order valence-corrected chi connectivity index (χ4v) is 6.45. The van der Waals surface area contributed by atoms with E-state index in [-0.39, 0.29) is 18.4 Å². The van der Waals surface area contributed by atoms with E-state index in [0.717, 1.165) is 42.8 Å². The number of aromatic nitrogens is 6. The molecule has 8 nitrogen and oxygen atoms in total. The van der Waals surface area contributed by atoms with E-state index in [1.54, 1.807) is 16.2 Å². The lowest BCUT2D eigenvalue weighted by molar-refractivity contribution is -0.116. The van der Waals surface area contributed by atoms with Gasteiger partial charge in [0.25, 0.3) is 11.5 Å². The molecule has 1 aliphatic heterocycles. The zero-order chi connectivity index (χ0) is 26.1. The molecule has 7 rings (SSSR count). The summed E-state index contributed by atoms with van der Waals surface area (Å²) in [6, 6.07) is 7.41. The van der Waals surface area contributed by atoms with Crippen molar-refractivity contribution in [3.63, 3.8) is 0 Å². The summed E-state index contributed by atoms with van der Waals surface area (Å²) in [5.74, 6) is -1.05. The maximum atomic E-state index is 14.3. The van der Waals surface area contributed by atoms with Crippen molar-refractivity contribution in [1.29, 1.82) is 0 Å². The lowest BCUT2D eigenvalue weighted by Gasteiger charge is -2.46. The average Bonchev–Trinajstić information content (AvgIpc) is 3.50. The van der Waals surface area contributed by atoms with E-state index in [4.69, 9.17) is 4.98 Å². The maximum absolute atomic E-state index is 14.3. The first-order valence-electron chi connectivity index (χ1n) is 13.5. The second-order valence-electron chi connectivity index (χ2n) is 11.4. The first kappa shape index (κ1) is 23.7. The molecule has 2 aliphatic carbocycles. The Balaban J connectivity index is 1.32. The van der Waals surface area contributed by atoms with Gasteiger partial charge in [-0.15, -0.1) is 10.2 Å². The van der Waals surface area contributed by atoms with Gasteiger partial charge < -0.3 is 9.55 Å². The minimum Gasteiger partial charge on any atom is -0.336 e. The standard InChI is InChI=1S/C28H31F2N7O/c1-35-17-31-34-26(35)27(15-28(29,30)16-27)19-6-5-7-20(12-19)37-13-21(18-8-9-18)23-24(25(37)38)33-22(32-23)14-36-10-3-2-4-11-36/h5-7,12-13,17-18H,2-4,8-11,14-16H2,1H3,(H,32,33). The van der Waals surface area contributed by atoms with Gasteiger partial charge in [0.15, 0.2) is 0 Å². The van der Waals surface area contributed by atoms with Crippen LogP contribution in [0.1, 0.15) is 73.6 Å². The number of pyridine rings is 1. The molecule has 0 unspecified atom stereocenters. The SMILES string of the molecule is Cn1cnnc1C1(c2cccc(-n3cc(C4CC4)c4nc(CN5CCCCC5)[nH]c4c3=O)c2)CC(F)(F)C1. The summed E-state index contributed by atoms with van der Waals surface area (Å²) in [6.07, 6.45) is 8.58. The summed E-state index contributed by atoms with van der Waals surface area (Å²) in [6.45, 7) is 2.81. The summed E-state index contributed by atoms with van der Waals surface area (Å²) in [5.41, 5.74) is 2.60. The van der Waals surface area contributed by atoms with E-state index in [2.05, 4.69) is 20.1 Å². The molecule has 10 heteroatoms. The van der Waals surface area contributed by atoms with Gasteiger partial charge in [-0.1, -0.05) is 18.6 Å². The second kappa shape index (κ2) is 8.56. The van der Waals surface area contributed by atoms with Gasteiger partial charge in [-0.05, 0) is 62.4 Å². The maximum Gasteiger partial charge on any atom is 0.281 e. The van der Waals surface area contributed by atoms with E-state index < -0.39 is 11.3 Å². The fraction of sp³-hybridized carbons (Fsp3) is 0.500. The topological polar surface area (TPSA) is 84.6 Å².